The van der Waals surface area contributed by atoms with Crippen molar-refractivity contribution < 1.29 is 0 Å². The van der Waals surface area contributed by atoms with E-state index in [1.807, 2.05) is 25.1 Å². The summed E-state index contributed by atoms with van der Waals surface area (Å²) in [6, 6.07) is 8.09. The van der Waals surface area contributed by atoms with Crippen molar-refractivity contribution in [3.63, 3.8) is 0 Å². The van der Waals surface area contributed by atoms with E-state index >= 15 is 0 Å². The summed E-state index contributed by atoms with van der Waals surface area (Å²) in [7, 11) is 0. The number of nitrogens with one attached hydrogen (secondary N) is 2. The molecule has 0 fully saturated rings. The van der Waals surface area contributed by atoms with Gasteiger partial charge in [-0.05, 0) is 25.5 Å². The van der Waals surface area contributed by atoms with Gasteiger partial charge in [-0.2, -0.15) is 0 Å². The first-order valence-electron chi connectivity index (χ1n) is 3.93. The van der Waals surface area contributed by atoms with Gasteiger partial charge in [0.2, 0.25) is 0 Å². The molecule has 1 aromatic rings. The van der Waals surface area contributed by atoms with Crippen molar-refractivity contribution in [1.82, 2.24) is 5.43 Å². The number of allylic oxidation sites excluding steroid dienone is 1. The summed E-state index contributed by atoms with van der Waals surface area (Å²) in [5, 5.41) is 0. The van der Waals surface area contributed by atoms with Gasteiger partial charge in [-0.25, -0.2) is 0 Å². The molecule has 0 saturated heterocycles. The number of benzene rings is 1. The standard InChI is InChI=1S/C10H14N2/c1-8(2)11-12-10-7-5-4-6-9(10)3/h4-7,11-12H,1H2,2-3H3. The molecule has 64 valence electrons. The van der Waals surface area contributed by atoms with Crippen molar-refractivity contribution in [1.29, 1.82) is 0 Å². The van der Waals surface area contributed by atoms with Crippen molar-refractivity contribution >= 4 is 5.69 Å². The molecule has 0 atom stereocenters. The van der Waals surface area contributed by atoms with Crippen molar-refractivity contribution in [2.45, 2.75) is 13.8 Å². The number of rotatable bonds is 3. The van der Waals surface area contributed by atoms with E-state index in [9.17, 15) is 0 Å². The minimum atomic E-state index is 0.901. The van der Waals surface area contributed by atoms with Gasteiger partial charge in [0, 0.05) is 5.70 Å². The second-order valence-electron chi connectivity index (χ2n) is 2.85. The Morgan fingerprint density at radius 2 is 2.00 bits per heavy atom. The predicted octanol–water partition coefficient (Wildman–Crippen LogP) is 2.45. The van der Waals surface area contributed by atoms with E-state index < -0.39 is 0 Å². The molecule has 0 saturated carbocycles. The maximum absolute atomic E-state index is 3.73. The molecule has 2 N–H and O–H groups in total. The van der Waals surface area contributed by atoms with E-state index in [4.69, 9.17) is 0 Å². The average Bonchev–Trinajstić information content (AvgIpc) is 2.03. The van der Waals surface area contributed by atoms with Crippen LogP contribution in [0.3, 0.4) is 0 Å². The number of hydrogen-bond acceptors (Lipinski definition) is 2. The Labute approximate surface area is 73.3 Å². The third-order valence-electron chi connectivity index (χ3n) is 1.56. The first-order valence-corrected chi connectivity index (χ1v) is 3.93. The highest BCUT2D eigenvalue weighted by Crippen LogP contribution is 2.11. The van der Waals surface area contributed by atoms with Crippen molar-refractivity contribution in [2.24, 2.45) is 0 Å². The monoisotopic (exact) mass is 162 g/mol. The van der Waals surface area contributed by atoms with E-state index in [1.165, 1.54) is 5.56 Å². The lowest BCUT2D eigenvalue weighted by atomic mass is 10.2. The molecule has 0 radical (unpaired) electrons. The molecular weight excluding hydrogens is 148 g/mol. The molecule has 0 spiro atoms. The van der Waals surface area contributed by atoms with Crippen molar-refractivity contribution in [3.05, 3.63) is 42.1 Å². The highest BCUT2D eigenvalue weighted by Gasteiger charge is 1.92. The summed E-state index contributed by atoms with van der Waals surface area (Å²) in [5.41, 5.74) is 9.22. The van der Waals surface area contributed by atoms with E-state index in [1.54, 1.807) is 0 Å². The summed E-state index contributed by atoms with van der Waals surface area (Å²) in [6.07, 6.45) is 0. The predicted molar refractivity (Wildman–Crippen MR) is 52.8 cm³/mol. The van der Waals surface area contributed by atoms with Crippen LogP contribution in [0.1, 0.15) is 12.5 Å². The third-order valence-corrected chi connectivity index (χ3v) is 1.56. The zero-order valence-electron chi connectivity index (χ0n) is 7.52. The van der Waals surface area contributed by atoms with Crippen LogP contribution in [0, 0.1) is 6.92 Å². The highest BCUT2D eigenvalue weighted by molar-refractivity contribution is 5.49. The molecule has 0 unspecified atom stereocenters. The van der Waals surface area contributed by atoms with Gasteiger partial charge < -0.3 is 10.9 Å². The highest BCUT2D eigenvalue weighted by atomic mass is 15.4. The Bertz CT molecular complexity index is 279. The molecular formula is C10H14N2. The van der Waals surface area contributed by atoms with E-state index in [0.717, 1.165) is 11.4 Å². The second-order valence-corrected chi connectivity index (χ2v) is 2.85. The molecule has 0 aliphatic carbocycles. The van der Waals surface area contributed by atoms with Crippen LogP contribution in [-0.4, -0.2) is 0 Å². The largest absolute Gasteiger partial charge is 0.306 e. The van der Waals surface area contributed by atoms with Gasteiger partial charge in [0.15, 0.2) is 0 Å². The van der Waals surface area contributed by atoms with Gasteiger partial charge in [-0.15, -0.1) is 0 Å². The summed E-state index contributed by atoms with van der Waals surface area (Å²) >= 11 is 0. The Morgan fingerprint density at radius 1 is 1.33 bits per heavy atom. The van der Waals surface area contributed by atoms with E-state index in [2.05, 4.69) is 30.4 Å². The fourth-order valence-electron chi connectivity index (χ4n) is 0.887. The summed E-state index contributed by atoms with van der Waals surface area (Å²) in [4.78, 5) is 0. The van der Waals surface area contributed by atoms with E-state index in [-0.39, 0.29) is 0 Å². The maximum Gasteiger partial charge on any atom is 0.0568 e. The van der Waals surface area contributed by atoms with Crippen LogP contribution >= 0.6 is 0 Å². The lowest BCUT2D eigenvalue weighted by Gasteiger charge is -2.10. The maximum atomic E-state index is 3.73. The number of anilines is 1. The van der Waals surface area contributed by atoms with Gasteiger partial charge in [0.25, 0.3) is 0 Å². The first kappa shape index (κ1) is 8.65. The Balaban J connectivity index is 2.63. The summed E-state index contributed by atoms with van der Waals surface area (Å²) in [5.74, 6) is 0. The zero-order valence-corrected chi connectivity index (χ0v) is 7.52. The van der Waals surface area contributed by atoms with Crippen LogP contribution in [0.2, 0.25) is 0 Å². The number of para-hydroxylation sites is 1. The SMILES string of the molecule is C=C(C)NNc1ccccc1C. The molecule has 0 bridgehead atoms. The van der Waals surface area contributed by atoms with Crippen LogP contribution in [0.25, 0.3) is 0 Å². The molecule has 1 aromatic carbocycles. The third kappa shape index (κ3) is 2.31. The Hall–Kier alpha value is -1.44. The average molecular weight is 162 g/mol. The van der Waals surface area contributed by atoms with E-state index in [0.29, 0.717) is 0 Å². The molecule has 2 heteroatoms. The fourth-order valence-corrected chi connectivity index (χ4v) is 0.887. The minimum absolute atomic E-state index is 0.901. The van der Waals surface area contributed by atoms with Crippen LogP contribution < -0.4 is 10.9 Å². The normalized spacial score (nSPS) is 9.17. The topological polar surface area (TPSA) is 24.1 Å². The first-order chi connectivity index (χ1) is 5.70. The Kier molecular flexibility index (Phi) is 2.75. The number of aryl methyl sites for hydroxylation is 1. The van der Waals surface area contributed by atoms with Gasteiger partial charge >= 0.3 is 0 Å². The van der Waals surface area contributed by atoms with Gasteiger partial charge in [-0.3, -0.25) is 0 Å². The van der Waals surface area contributed by atoms with Gasteiger partial charge in [0.1, 0.15) is 0 Å². The van der Waals surface area contributed by atoms with Gasteiger partial charge in [0.05, 0.1) is 5.69 Å². The van der Waals surface area contributed by atoms with Crippen LogP contribution in [0.5, 0.6) is 0 Å². The lowest BCUT2D eigenvalue weighted by molar-refractivity contribution is 0.965. The van der Waals surface area contributed by atoms with Crippen molar-refractivity contribution in [2.75, 3.05) is 5.43 Å². The summed E-state index contributed by atoms with van der Waals surface area (Å²) in [6.45, 7) is 7.69. The smallest absolute Gasteiger partial charge is 0.0568 e. The molecule has 0 aliphatic rings. The molecule has 2 nitrogen and oxygen atoms in total. The molecule has 12 heavy (non-hydrogen) atoms. The Morgan fingerprint density at radius 3 is 2.58 bits per heavy atom. The minimum Gasteiger partial charge on any atom is -0.306 e. The second kappa shape index (κ2) is 3.81. The van der Waals surface area contributed by atoms with Crippen LogP contribution in [0.4, 0.5) is 5.69 Å². The lowest BCUT2D eigenvalue weighted by Crippen LogP contribution is -2.18. The molecule has 0 aliphatic heterocycles. The van der Waals surface area contributed by atoms with Crippen LogP contribution in [-0.2, 0) is 0 Å². The molecule has 0 aromatic heterocycles. The molecule has 1 rings (SSSR count). The quantitative estimate of drug-likeness (QED) is 0.667. The number of hydrazine groups is 1. The fraction of sp³-hybridized carbons (Fsp3) is 0.200. The van der Waals surface area contributed by atoms with Gasteiger partial charge in [-0.1, -0.05) is 24.8 Å². The molecule has 0 heterocycles. The molecule has 0 amide bonds. The number of hydrogen-bond donors (Lipinski definition) is 2. The van der Waals surface area contributed by atoms with Crippen molar-refractivity contribution in [3.8, 4) is 0 Å². The van der Waals surface area contributed by atoms with Crippen LogP contribution in [0.15, 0.2) is 36.5 Å². The zero-order chi connectivity index (χ0) is 8.97. The summed E-state index contributed by atoms with van der Waals surface area (Å²) < 4.78 is 0.